The van der Waals surface area contributed by atoms with Crippen molar-refractivity contribution in [3.05, 3.63) is 29.8 Å². The zero-order chi connectivity index (χ0) is 13.3. The van der Waals surface area contributed by atoms with E-state index in [4.69, 9.17) is 5.73 Å². The minimum Gasteiger partial charge on any atom is -0.399 e. The molecule has 1 rings (SSSR count). The molecule has 0 heterocycles. The molecule has 4 nitrogen and oxygen atoms in total. The number of sulfone groups is 1. The van der Waals surface area contributed by atoms with Gasteiger partial charge in [-0.1, -0.05) is 22.9 Å². The lowest BCUT2D eigenvalue weighted by molar-refractivity contribution is 0.0976. The van der Waals surface area contributed by atoms with Gasteiger partial charge in [-0.3, -0.25) is 4.79 Å². The number of halogens is 1. The van der Waals surface area contributed by atoms with E-state index in [-0.39, 0.29) is 6.42 Å². The number of carbonyl (C=O) groups is 1. The molecule has 0 fully saturated rings. The molecule has 1 atom stereocenters. The standard InChI is InChI=1S/C11H14BrNO3S/c1-3-11(12,17(2,15)16)10(14)8-4-6-9(13)7-5-8/h4-7H,3,13H2,1-2H3/t11-/m0/s1. The summed E-state index contributed by atoms with van der Waals surface area (Å²) in [6.45, 7) is 1.64. The second-order valence-corrected chi connectivity index (χ2v) is 7.93. The predicted molar refractivity (Wildman–Crippen MR) is 72.0 cm³/mol. The summed E-state index contributed by atoms with van der Waals surface area (Å²) in [5.74, 6) is -0.470. The Balaban J connectivity index is 3.24. The van der Waals surface area contributed by atoms with Crippen molar-refractivity contribution in [3.63, 3.8) is 0 Å². The average molecular weight is 320 g/mol. The highest BCUT2D eigenvalue weighted by Gasteiger charge is 2.44. The first-order valence-electron chi connectivity index (χ1n) is 5.01. The highest BCUT2D eigenvalue weighted by molar-refractivity contribution is 9.12. The van der Waals surface area contributed by atoms with Gasteiger partial charge in [0.15, 0.2) is 19.3 Å². The number of alkyl halides is 1. The van der Waals surface area contributed by atoms with Crippen molar-refractivity contribution >= 4 is 37.2 Å². The van der Waals surface area contributed by atoms with Gasteiger partial charge < -0.3 is 5.73 Å². The van der Waals surface area contributed by atoms with Gasteiger partial charge in [0.25, 0.3) is 0 Å². The van der Waals surface area contributed by atoms with Crippen LogP contribution in [0.4, 0.5) is 5.69 Å². The first-order valence-corrected chi connectivity index (χ1v) is 7.69. The molecule has 0 amide bonds. The van der Waals surface area contributed by atoms with E-state index in [1.165, 1.54) is 12.1 Å². The number of carbonyl (C=O) groups excluding carboxylic acids is 1. The third-order valence-electron chi connectivity index (χ3n) is 2.55. The predicted octanol–water partition coefficient (Wildman–Crippen LogP) is 2.00. The lowest BCUT2D eigenvalue weighted by atomic mass is 10.1. The summed E-state index contributed by atoms with van der Waals surface area (Å²) in [6.07, 6.45) is 1.20. The van der Waals surface area contributed by atoms with Crippen LogP contribution in [-0.4, -0.2) is 24.1 Å². The molecule has 0 unspecified atom stereocenters. The van der Waals surface area contributed by atoms with Crippen molar-refractivity contribution in [3.8, 4) is 0 Å². The molecule has 0 saturated heterocycles. The van der Waals surface area contributed by atoms with Gasteiger partial charge in [0.2, 0.25) is 0 Å². The maximum atomic E-state index is 12.2. The van der Waals surface area contributed by atoms with E-state index in [1.54, 1.807) is 19.1 Å². The van der Waals surface area contributed by atoms with Gasteiger partial charge in [0, 0.05) is 17.5 Å². The van der Waals surface area contributed by atoms with Gasteiger partial charge in [-0.2, -0.15) is 0 Å². The lowest BCUT2D eigenvalue weighted by Gasteiger charge is -2.22. The summed E-state index contributed by atoms with van der Waals surface area (Å²) in [6, 6.07) is 6.18. The quantitative estimate of drug-likeness (QED) is 0.523. The molecule has 1 aromatic carbocycles. The number of anilines is 1. The molecule has 0 aliphatic heterocycles. The summed E-state index contributed by atoms with van der Waals surface area (Å²) < 4.78 is 21.8. The molecule has 0 saturated carbocycles. The molecule has 0 radical (unpaired) electrons. The number of nitrogens with two attached hydrogens (primary N) is 1. The van der Waals surface area contributed by atoms with Crippen molar-refractivity contribution in [2.24, 2.45) is 0 Å². The van der Waals surface area contributed by atoms with Crippen LogP contribution in [0.3, 0.4) is 0 Å². The normalized spacial score (nSPS) is 15.2. The Bertz CT molecular complexity index is 524. The van der Waals surface area contributed by atoms with Crippen LogP contribution in [0, 0.1) is 0 Å². The van der Waals surface area contributed by atoms with E-state index in [0.717, 1.165) is 6.26 Å². The van der Waals surface area contributed by atoms with Crippen molar-refractivity contribution < 1.29 is 13.2 Å². The molecule has 0 aliphatic rings. The second kappa shape index (κ2) is 4.78. The minimum atomic E-state index is -3.54. The SMILES string of the molecule is CC[C@@](Br)(C(=O)c1ccc(N)cc1)S(C)(=O)=O. The monoisotopic (exact) mass is 319 g/mol. The fourth-order valence-electron chi connectivity index (χ4n) is 1.44. The zero-order valence-electron chi connectivity index (χ0n) is 9.60. The van der Waals surface area contributed by atoms with Gasteiger partial charge in [-0.25, -0.2) is 8.42 Å². The van der Waals surface area contributed by atoms with Crippen LogP contribution in [0.25, 0.3) is 0 Å². The van der Waals surface area contributed by atoms with Crippen LogP contribution in [-0.2, 0) is 9.84 Å². The molecule has 0 aliphatic carbocycles. The molecule has 94 valence electrons. The van der Waals surface area contributed by atoms with Gasteiger partial charge in [-0.05, 0) is 30.7 Å². The highest BCUT2D eigenvalue weighted by atomic mass is 79.9. The smallest absolute Gasteiger partial charge is 0.194 e. The molecule has 2 N–H and O–H groups in total. The Labute approximate surface area is 109 Å². The summed E-state index contributed by atoms with van der Waals surface area (Å²) in [7, 11) is -3.54. The summed E-state index contributed by atoms with van der Waals surface area (Å²) in [5, 5.41) is 0. The topological polar surface area (TPSA) is 77.2 Å². The maximum Gasteiger partial charge on any atom is 0.194 e. The average Bonchev–Trinajstić information content (AvgIpc) is 2.26. The molecule has 6 heteroatoms. The van der Waals surface area contributed by atoms with E-state index >= 15 is 0 Å². The van der Waals surface area contributed by atoms with Crippen molar-refractivity contribution in [1.82, 2.24) is 0 Å². The van der Waals surface area contributed by atoms with Crippen LogP contribution in [0.15, 0.2) is 24.3 Å². The Morgan fingerprint density at radius 2 is 1.82 bits per heavy atom. The molecule has 0 aromatic heterocycles. The first kappa shape index (κ1) is 14.2. The highest BCUT2D eigenvalue weighted by Crippen LogP contribution is 2.32. The minimum absolute atomic E-state index is 0.162. The lowest BCUT2D eigenvalue weighted by Crippen LogP contribution is -2.39. The fraction of sp³-hybridized carbons (Fsp3) is 0.364. The number of hydrogen-bond acceptors (Lipinski definition) is 4. The van der Waals surface area contributed by atoms with E-state index in [0.29, 0.717) is 11.3 Å². The van der Waals surface area contributed by atoms with Crippen molar-refractivity contribution in [2.75, 3.05) is 12.0 Å². The van der Waals surface area contributed by atoms with Crippen LogP contribution in [0.2, 0.25) is 0 Å². The Kier molecular flexibility index (Phi) is 3.99. The number of ketones is 1. The zero-order valence-corrected chi connectivity index (χ0v) is 12.0. The van der Waals surface area contributed by atoms with Crippen molar-refractivity contribution in [1.29, 1.82) is 0 Å². The fourth-order valence-corrected chi connectivity index (χ4v) is 2.65. The second-order valence-electron chi connectivity index (χ2n) is 3.81. The summed E-state index contributed by atoms with van der Waals surface area (Å²) >= 11 is 3.06. The van der Waals surface area contributed by atoms with E-state index in [2.05, 4.69) is 15.9 Å². The number of nitrogen functional groups attached to an aromatic ring is 1. The maximum absolute atomic E-state index is 12.2. The van der Waals surface area contributed by atoms with Gasteiger partial charge in [0.05, 0.1) is 0 Å². The van der Waals surface area contributed by atoms with Crippen LogP contribution >= 0.6 is 15.9 Å². The van der Waals surface area contributed by atoms with Gasteiger partial charge >= 0.3 is 0 Å². The first-order chi connectivity index (χ1) is 7.72. The third-order valence-corrected chi connectivity index (χ3v) is 6.89. The Morgan fingerprint density at radius 1 is 1.35 bits per heavy atom. The molecular formula is C11H14BrNO3S. The largest absolute Gasteiger partial charge is 0.399 e. The summed E-state index contributed by atoms with van der Waals surface area (Å²) in [5.41, 5.74) is 6.36. The number of rotatable bonds is 4. The third kappa shape index (κ3) is 2.69. The molecule has 0 spiro atoms. The number of benzene rings is 1. The van der Waals surface area contributed by atoms with Crippen molar-refractivity contribution in [2.45, 2.75) is 17.0 Å². The molecule has 0 bridgehead atoms. The number of Topliss-reactive ketones (excluding diaryl/α,β-unsaturated/α-hetero) is 1. The Hall–Kier alpha value is -0.880. The van der Waals surface area contributed by atoms with Crippen LogP contribution in [0.1, 0.15) is 23.7 Å². The Morgan fingerprint density at radius 3 is 2.18 bits per heavy atom. The van der Waals surface area contributed by atoms with Crippen LogP contribution < -0.4 is 5.73 Å². The van der Waals surface area contributed by atoms with Gasteiger partial charge in [-0.15, -0.1) is 0 Å². The van der Waals surface area contributed by atoms with Gasteiger partial charge in [0.1, 0.15) is 0 Å². The van der Waals surface area contributed by atoms with E-state index < -0.39 is 19.3 Å². The molecular weight excluding hydrogens is 306 g/mol. The van der Waals surface area contributed by atoms with E-state index in [1.807, 2.05) is 0 Å². The summed E-state index contributed by atoms with van der Waals surface area (Å²) in [4.78, 5) is 12.2. The number of hydrogen-bond donors (Lipinski definition) is 1. The van der Waals surface area contributed by atoms with Crippen LogP contribution in [0.5, 0.6) is 0 Å². The molecule has 1 aromatic rings. The molecule has 17 heavy (non-hydrogen) atoms. The van der Waals surface area contributed by atoms with E-state index in [9.17, 15) is 13.2 Å².